The average molecular weight is 254 g/mol. The fourth-order valence-corrected chi connectivity index (χ4v) is 1.66. The largest absolute Gasteiger partial charge is 0.396 e. The number of anilines is 1. The van der Waals surface area contributed by atoms with Crippen molar-refractivity contribution in [2.75, 3.05) is 18.9 Å². The van der Waals surface area contributed by atoms with E-state index in [1.54, 1.807) is 0 Å². The maximum absolute atomic E-state index is 11.8. The van der Waals surface area contributed by atoms with E-state index in [4.69, 9.17) is 10.8 Å². The van der Waals surface area contributed by atoms with Crippen molar-refractivity contribution >= 4 is 11.6 Å². The molecule has 1 rings (SSSR count). The van der Waals surface area contributed by atoms with E-state index in [0.29, 0.717) is 12.2 Å². The normalized spacial score (nSPS) is 12.4. The Bertz CT molecular complexity index is 389. The van der Waals surface area contributed by atoms with Crippen LogP contribution in [0.4, 0.5) is 5.69 Å². The number of hydrogen-bond acceptors (Lipinski definition) is 4. The van der Waals surface area contributed by atoms with E-state index < -0.39 is 0 Å². The minimum atomic E-state index is -0.250. The average Bonchev–Trinajstić information content (AvgIpc) is 2.75. The molecule has 1 heterocycles. The van der Waals surface area contributed by atoms with Crippen LogP contribution < -0.4 is 11.1 Å². The Morgan fingerprint density at radius 1 is 1.61 bits per heavy atom. The standard InChI is InChI=1S/C12H22N4O2/c1-3-9-10(13)11(16-15-9)12(18)14-6-4-5-8(2)7-17/h8,17H,3-7,13H2,1-2H3,(H,14,18)(H,15,16). The number of aryl methyl sites for hydroxylation is 1. The second-order valence-corrected chi connectivity index (χ2v) is 4.50. The highest BCUT2D eigenvalue weighted by Crippen LogP contribution is 2.14. The first kappa shape index (κ1) is 14.5. The predicted octanol–water partition coefficient (Wildman–Crippen LogP) is 0.693. The van der Waals surface area contributed by atoms with Gasteiger partial charge < -0.3 is 16.2 Å². The number of aromatic nitrogens is 2. The zero-order chi connectivity index (χ0) is 13.5. The van der Waals surface area contributed by atoms with Crippen molar-refractivity contribution in [2.24, 2.45) is 5.92 Å². The number of nitrogens with zero attached hydrogens (tertiary/aromatic N) is 1. The van der Waals surface area contributed by atoms with Crippen molar-refractivity contribution in [3.05, 3.63) is 11.4 Å². The summed E-state index contributed by atoms with van der Waals surface area (Å²) < 4.78 is 0. The second-order valence-electron chi connectivity index (χ2n) is 4.50. The minimum Gasteiger partial charge on any atom is -0.396 e. The van der Waals surface area contributed by atoms with Crippen LogP contribution in [-0.2, 0) is 6.42 Å². The summed E-state index contributed by atoms with van der Waals surface area (Å²) in [4.78, 5) is 11.8. The lowest BCUT2D eigenvalue weighted by molar-refractivity contribution is 0.0948. The molecular formula is C12H22N4O2. The lowest BCUT2D eigenvalue weighted by Crippen LogP contribution is -2.26. The van der Waals surface area contributed by atoms with Crippen LogP contribution in [0.15, 0.2) is 0 Å². The third-order valence-electron chi connectivity index (χ3n) is 2.92. The Labute approximate surface area is 107 Å². The number of amides is 1. The van der Waals surface area contributed by atoms with E-state index in [1.807, 2.05) is 13.8 Å². The molecule has 0 radical (unpaired) electrons. The van der Waals surface area contributed by atoms with E-state index in [1.165, 1.54) is 0 Å². The zero-order valence-corrected chi connectivity index (χ0v) is 11.0. The number of nitrogens with two attached hydrogens (primary N) is 1. The van der Waals surface area contributed by atoms with Crippen LogP contribution in [0, 0.1) is 5.92 Å². The number of H-pyrrole nitrogens is 1. The van der Waals surface area contributed by atoms with Crippen molar-refractivity contribution < 1.29 is 9.90 Å². The van der Waals surface area contributed by atoms with Gasteiger partial charge in [-0.3, -0.25) is 9.89 Å². The third kappa shape index (κ3) is 3.73. The van der Waals surface area contributed by atoms with Gasteiger partial charge in [0.2, 0.25) is 0 Å². The second kappa shape index (κ2) is 7.00. The molecule has 0 aromatic carbocycles. The van der Waals surface area contributed by atoms with Crippen LogP contribution in [0.1, 0.15) is 42.9 Å². The molecule has 1 aromatic rings. The number of aromatic amines is 1. The SMILES string of the molecule is CCc1[nH]nc(C(=O)NCCCC(C)CO)c1N. The van der Waals surface area contributed by atoms with Crippen LogP contribution in [-0.4, -0.2) is 34.4 Å². The van der Waals surface area contributed by atoms with Crippen molar-refractivity contribution in [3.8, 4) is 0 Å². The van der Waals surface area contributed by atoms with Crippen LogP contribution in [0.25, 0.3) is 0 Å². The van der Waals surface area contributed by atoms with E-state index in [-0.39, 0.29) is 24.1 Å². The smallest absolute Gasteiger partial charge is 0.273 e. The quantitative estimate of drug-likeness (QED) is 0.537. The highest BCUT2D eigenvalue weighted by Gasteiger charge is 2.15. The van der Waals surface area contributed by atoms with E-state index in [0.717, 1.165) is 25.0 Å². The summed E-state index contributed by atoms with van der Waals surface area (Å²) in [5, 5.41) is 18.3. The molecule has 0 fully saturated rings. The minimum absolute atomic E-state index is 0.181. The van der Waals surface area contributed by atoms with Crippen LogP contribution in [0.3, 0.4) is 0 Å². The topological polar surface area (TPSA) is 104 Å². The first-order valence-corrected chi connectivity index (χ1v) is 6.31. The molecule has 1 aromatic heterocycles. The highest BCUT2D eigenvalue weighted by atomic mass is 16.3. The van der Waals surface area contributed by atoms with E-state index >= 15 is 0 Å². The van der Waals surface area contributed by atoms with Gasteiger partial charge in [0, 0.05) is 13.2 Å². The van der Waals surface area contributed by atoms with Crippen molar-refractivity contribution in [1.29, 1.82) is 0 Å². The Hall–Kier alpha value is -1.56. The molecule has 0 aliphatic rings. The maximum Gasteiger partial charge on any atom is 0.273 e. The maximum atomic E-state index is 11.8. The van der Waals surface area contributed by atoms with Gasteiger partial charge in [-0.2, -0.15) is 5.10 Å². The van der Waals surface area contributed by atoms with Gasteiger partial charge in [0.25, 0.3) is 5.91 Å². The molecule has 1 amide bonds. The first-order chi connectivity index (χ1) is 8.60. The number of nitrogens with one attached hydrogen (secondary N) is 2. The molecule has 1 unspecified atom stereocenters. The fourth-order valence-electron chi connectivity index (χ4n) is 1.66. The van der Waals surface area contributed by atoms with Gasteiger partial charge in [-0.1, -0.05) is 13.8 Å². The summed E-state index contributed by atoms with van der Waals surface area (Å²) in [5.74, 6) is 0.0177. The summed E-state index contributed by atoms with van der Waals surface area (Å²) in [6.07, 6.45) is 2.44. The molecule has 6 nitrogen and oxygen atoms in total. The molecule has 102 valence electrons. The summed E-state index contributed by atoms with van der Waals surface area (Å²) in [5.41, 5.74) is 7.28. The Balaban J connectivity index is 2.39. The van der Waals surface area contributed by atoms with Crippen LogP contribution >= 0.6 is 0 Å². The van der Waals surface area contributed by atoms with Crippen molar-refractivity contribution in [3.63, 3.8) is 0 Å². The van der Waals surface area contributed by atoms with Crippen LogP contribution in [0.5, 0.6) is 0 Å². The Morgan fingerprint density at radius 2 is 2.33 bits per heavy atom. The Kier molecular flexibility index (Phi) is 5.64. The van der Waals surface area contributed by atoms with Gasteiger partial charge in [-0.05, 0) is 25.2 Å². The van der Waals surface area contributed by atoms with Crippen molar-refractivity contribution in [2.45, 2.75) is 33.1 Å². The van der Waals surface area contributed by atoms with Gasteiger partial charge in [0.05, 0.1) is 11.4 Å². The Morgan fingerprint density at radius 3 is 2.89 bits per heavy atom. The highest BCUT2D eigenvalue weighted by molar-refractivity contribution is 5.97. The summed E-state index contributed by atoms with van der Waals surface area (Å²) >= 11 is 0. The van der Waals surface area contributed by atoms with Gasteiger partial charge in [-0.25, -0.2) is 0 Å². The van der Waals surface area contributed by atoms with Crippen LogP contribution in [0.2, 0.25) is 0 Å². The third-order valence-corrected chi connectivity index (χ3v) is 2.92. The lowest BCUT2D eigenvalue weighted by Gasteiger charge is -2.07. The number of aliphatic hydroxyl groups excluding tert-OH is 1. The molecule has 1 atom stereocenters. The molecule has 0 aliphatic heterocycles. The molecule has 5 N–H and O–H groups in total. The van der Waals surface area contributed by atoms with Crippen molar-refractivity contribution in [1.82, 2.24) is 15.5 Å². The van der Waals surface area contributed by atoms with Gasteiger partial charge in [0.15, 0.2) is 5.69 Å². The molecule has 0 saturated carbocycles. The van der Waals surface area contributed by atoms with Gasteiger partial charge in [0.1, 0.15) is 0 Å². The van der Waals surface area contributed by atoms with Gasteiger partial charge in [-0.15, -0.1) is 0 Å². The zero-order valence-electron chi connectivity index (χ0n) is 11.0. The number of carbonyl (C=O) groups excluding carboxylic acids is 1. The molecule has 0 saturated heterocycles. The monoisotopic (exact) mass is 254 g/mol. The molecule has 0 bridgehead atoms. The number of carbonyl (C=O) groups is 1. The molecular weight excluding hydrogens is 232 g/mol. The predicted molar refractivity (Wildman–Crippen MR) is 70.2 cm³/mol. The molecule has 18 heavy (non-hydrogen) atoms. The summed E-state index contributed by atoms with van der Waals surface area (Å²) in [7, 11) is 0. The van der Waals surface area contributed by atoms with Gasteiger partial charge >= 0.3 is 0 Å². The summed E-state index contributed by atoms with van der Waals surface area (Å²) in [6.45, 7) is 4.67. The van der Waals surface area contributed by atoms with E-state index in [2.05, 4.69) is 15.5 Å². The first-order valence-electron chi connectivity index (χ1n) is 6.31. The molecule has 6 heteroatoms. The number of nitrogen functional groups attached to an aromatic ring is 1. The number of aliphatic hydroxyl groups is 1. The molecule has 0 aliphatic carbocycles. The summed E-state index contributed by atoms with van der Waals surface area (Å²) in [6, 6.07) is 0. The number of hydrogen-bond donors (Lipinski definition) is 4. The molecule has 0 spiro atoms. The number of rotatable bonds is 7. The fraction of sp³-hybridized carbons (Fsp3) is 0.667. The van der Waals surface area contributed by atoms with E-state index in [9.17, 15) is 4.79 Å². The lowest BCUT2D eigenvalue weighted by atomic mass is 10.1.